The Morgan fingerprint density at radius 2 is 2.10 bits per heavy atom. The lowest BCUT2D eigenvalue weighted by molar-refractivity contribution is 0.0485. The van der Waals surface area contributed by atoms with Crippen molar-refractivity contribution in [3.63, 3.8) is 0 Å². The second-order valence-corrected chi connectivity index (χ2v) is 5.38. The maximum absolute atomic E-state index is 10.1. The summed E-state index contributed by atoms with van der Waals surface area (Å²) in [7, 11) is 0. The molecule has 0 unspecified atom stereocenters. The molecule has 0 aliphatic carbocycles. The Morgan fingerprint density at radius 3 is 2.81 bits per heavy atom. The van der Waals surface area contributed by atoms with Crippen molar-refractivity contribution in [2.75, 3.05) is 12.3 Å². The van der Waals surface area contributed by atoms with Gasteiger partial charge < -0.3 is 20.5 Å². The molecule has 2 rings (SSSR count). The lowest BCUT2D eigenvalue weighted by Gasteiger charge is -2.23. The fourth-order valence-electron chi connectivity index (χ4n) is 2.67. The lowest BCUT2D eigenvalue weighted by Crippen LogP contribution is -2.27. The number of aliphatic hydroxyl groups is 2. The standard InChI is InChI=1S/C15H24N4O2/c1-2-3-4-5-6-11(13(21)9-20)19-10-18-14-12(19)7-8-17-15(14)16/h7-8,10-11,13,20-21H,2-6,9H2,1H3,(H2,16,17)/t11-,13+/m1/s1. The first-order valence-electron chi connectivity index (χ1n) is 7.55. The average molecular weight is 292 g/mol. The van der Waals surface area contributed by atoms with E-state index in [9.17, 15) is 10.2 Å². The normalized spacial score (nSPS) is 14.4. The van der Waals surface area contributed by atoms with E-state index in [2.05, 4.69) is 16.9 Å². The Bertz CT molecular complexity index is 570. The molecule has 4 N–H and O–H groups in total. The first kappa shape index (κ1) is 15.7. The Morgan fingerprint density at radius 1 is 1.29 bits per heavy atom. The van der Waals surface area contributed by atoms with Gasteiger partial charge in [-0.15, -0.1) is 0 Å². The molecule has 0 aliphatic rings. The summed E-state index contributed by atoms with van der Waals surface area (Å²) in [6.45, 7) is 1.90. The van der Waals surface area contributed by atoms with Crippen LogP contribution in [-0.2, 0) is 0 Å². The molecule has 0 saturated carbocycles. The van der Waals surface area contributed by atoms with E-state index >= 15 is 0 Å². The van der Waals surface area contributed by atoms with Gasteiger partial charge in [0.05, 0.1) is 30.6 Å². The highest BCUT2D eigenvalue weighted by Crippen LogP contribution is 2.26. The van der Waals surface area contributed by atoms with Gasteiger partial charge in [-0.05, 0) is 12.5 Å². The van der Waals surface area contributed by atoms with Gasteiger partial charge in [0, 0.05) is 6.20 Å². The van der Waals surface area contributed by atoms with E-state index in [1.807, 2.05) is 10.6 Å². The van der Waals surface area contributed by atoms with Crippen molar-refractivity contribution >= 4 is 16.9 Å². The number of nitrogen functional groups attached to an aromatic ring is 1. The molecule has 2 heterocycles. The number of unbranched alkanes of at least 4 members (excludes halogenated alkanes) is 3. The molecule has 0 aromatic carbocycles. The number of pyridine rings is 1. The molecule has 0 saturated heterocycles. The minimum atomic E-state index is -0.807. The van der Waals surface area contributed by atoms with E-state index in [0.29, 0.717) is 11.3 Å². The van der Waals surface area contributed by atoms with Crippen LogP contribution in [0.15, 0.2) is 18.6 Å². The lowest BCUT2D eigenvalue weighted by atomic mass is 10.0. The van der Waals surface area contributed by atoms with Crippen LogP contribution in [0, 0.1) is 0 Å². The molecule has 6 nitrogen and oxygen atoms in total. The summed E-state index contributed by atoms with van der Waals surface area (Å²) in [6, 6.07) is 1.64. The van der Waals surface area contributed by atoms with E-state index in [4.69, 9.17) is 5.73 Å². The van der Waals surface area contributed by atoms with Gasteiger partial charge in [-0.3, -0.25) is 0 Å². The third-order valence-corrected chi connectivity index (χ3v) is 3.86. The van der Waals surface area contributed by atoms with E-state index in [1.165, 1.54) is 12.8 Å². The average Bonchev–Trinajstić information content (AvgIpc) is 2.92. The topological polar surface area (TPSA) is 97.2 Å². The minimum Gasteiger partial charge on any atom is -0.394 e. The fraction of sp³-hybridized carbons (Fsp3) is 0.600. The van der Waals surface area contributed by atoms with E-state index in [0.717, 1.165) is 24.8 Å². The van der Waals surface area contributed by atoms with Crippen molar-refractivity contribution in [1.82, 2.24) is 14.5 Å². The molecule has 6 heteroatoms. The van der Waals surface area contributed by atoms with Crippen molar-refractivity contribution in [1.29, 1.82) is 0 Å². The molecule has 2 aromatic rings. The van der Waals surface area contributed by atoms with Gasteiger partial charge in [-0.1, -0.05) is 32.6 Å². The largest absolute Gasteiger partial charge is 0.394 e. The molecule has 21 heavy (non-hydrogen) atoms. The number of hydrogen-bond acceptors (Lipinski definition) is 5. The van der Waals surface area contributed by atoms with Crippen LogP contribution in [0.5, 0.6) is 0 Å². The van der Waals surface area contributed by atoms with Crippen molar-refractivity contribution < 1.29 is 10.2 Å². The Hall–Kier alpha value is -1.66. The number of imidazole rings is 1. The molecule has 0 amide bonds. The summed E-state index contributed by atoms with van der Waals surface area (Å²) < 4.78 is 1.90. The first-order valence-corrected chi connectivity index (χ1v) is 7.55. The molecule has 116 valence electrons. The van der Waals surface area contributed by atoms with E-state index < -0.39 is 6.10 Å². The summed E-state index contributed by atoms with van der Waals surface area (Å²) in [5.41, 5.74) is 7.30. The number of rotatable bonds is 8. The van der Waals surface area contributed by atoms with E-state index in [1.54, 1.807) is 12.5 Å². The summed E-state index contributed by atoms with van der Waals surface area (Å²) in [5.74, 6) is 0.384. The first-order chi connectivity index (χ1) is 10.2. The van der Waals surface area contributed by atoms with Gasteiger partial charge in [0.1, 0.15) is 5.52 Å². The van der Waals surface area contributed by atoms with Crippen molar-refractivity contribution in [2.45, 2.75) is 51.2 Å². The van der Waals surface area contributed by atoms with Crippen LogP contribution in [0.25, 0.3) is 11.0 Å². The number of aromatic nitrogens is 3. The Balaban J connectivity index is 2.24. The monoisotopic (exact) mass is 292 g/mol. The smallest absolute Gasteiger partial charge is 0.151 e. The zero-order chi connectivity index (χ0) is 15.2. The van der Waals surface area contributed by atoms with Crippen molar-refractivity contribution in [2.24, 2.45) is 0 Å². The van der Waals surface area contributed by atoms with Crippen molar-refractivity contribution in [3.05, 3.63) is 18.6 Å². The molecule has 0 aliphatic heterocycles. The number of anilines is 1. The number of nitrogens with two attached hydrogens (primary N) is 1. The SMILES string of the molecule is CCCCCC[C@H]([C@@H](O)CO)n1cnc2c(N)nccc21. The maximum atomic E-state index is 10.1. The molecule has 0 fully saturated rings. The zero-order valence-corrected chi connectivity index (χ0v) is 12.4. The van der Waals surface area contributed by atoms with Gasteiger partial charge in [-0.25, -0.2) is 9.97 Å². The zero-order valence-electron chi connectivity index (χ0n) is 12.4. The highest BCUT2D eigenvalue weighted by atomic mass is 16.3. The molecule has 0 spiro atoms. The highest BCUT2D eigenvalue weighted by Gasteiger charge is 2.22. The van der Waals surface area contributed by atoms with Crippen LogP contribution in [0.2, 0.25) is 0 Å². The molecule has 0 bridgehead atoms. The van der Waals surface area contributed by atoms with Crippen LogP contribution in [0.4, 0.5) is 5.82 Å². The number of aliphatic hydroxyl groups excluding tert-OH is 2. The minimum absolute atomic E-state index is 0.196. The Labute approximate surface area is 124 Å². The summed E-state index contributed by atoms with van der Waals surface area (Å²) in [4.78, 5) is 8.30. The highest BCUT2D eigenvalue weighted by molar-refractivity contribution is 5.84. The van der Waals surface area contributed by atoms with E-state index in [-0.39, 0.29) is 12.6 Å². The maximum Gasteiger partial charge on any atom is 0.151 e. The van der Waals surface area contributed by atoms with Crippen LogP contribution in [0.1, 0.15) is 45.1 Å². The molecule has 2 atom stereocenters. The molecular formula is C15H24N4O2. The number of fused-ring (bicyclic) bond motifs is 1. The van der Waals surface area contributed by atoms with Gasteiger partial charge in [0.25, 0.3) is 0 Å². The van der Waals surface area contributed by atoms with Crippen molar-refractivity contribution in [3.8, 4) is 0 Å². The van der Waals surface area contributed by atoms with Crippen LogP contribution in [0.3, 0.4) is 0 Å². The predicted octanol–water partition coefficient (Wildman–Crippen LogP) is 1.88. The van der Waals surface area contributed by atoms with Gasteiger partial charge in [0.15, 0.2) is 5.82 Å². The molecular weight excluding hydrogens is 268 g/mol. The summed E-state index contributed by atoms with van der Waals surface area (Å²) in [5, 5.41) is 19.4. The van der Waals surface area contributed by atoms with Crippen LogP contribution in [-0.4, -0.2) is 37.5 Å². The fourth-order valence-corrected chi connectivity index (χ4v) is 2.67. The number of hydrogen-bond donors (Lipinski definition) is 3. The van der Waals surface area contributed by atoms with Gasteiger partial charge in [-0.2, -0.15) is 0 Å². The third-order valence-electron chi connectivity index (χ3n) is 3.86. The summed E-state index contributed by atoms with van der Waals surface area (Å²) in [6.07, 6.45) is 7.79. The molecule has 2 aromatic heterocycles. The predicted molar refractivity (Wildman–Crippen MR) is 82.8 cm³/mol. The number of nitrogens with zero attached hydrogens (tertiary/aromatic N) is 3. The van der Waals surface area contributed by atoms with Gasteiger partial charge >= 0.3 is 0 Å². The Kier molecular flexibility index (Phi) is 5.52. The van der Waals surface area contributed by atoms with Crippen LogP contribution >= 0.6 is 0 Å². The quantitative estimate of drug-likeness (QED) is 0.645. The summed E-state index contributed by atoms with van der Waals surface area (Å²) >= 11 is 0. The second kappa shape index (κ2) is 7.38. The van der Waals surface area contributed by atoms with Gasteiger partial charge in [0.2, 0.25) is 0 Å². The third kappa shape index (κ3) is 3.51. The van der Waals surface area contributed by atoms with Crippen LogP contribution < -0.4 is 5.73 Å². The molecule has 0 radical (unpaired) electrons. The second-order valence-electron chi connectivity index (χ2n) is 5.38.